The first kappa shape index (κ1) is 18.3. The maximum absolute atomic E-state index is 6.72. The summed E-state index contributed by atoms with van der Waals surface area (Å²) in [5.74, 6) is 0. The quantitative estimate of drug-likeness (QED) is 0.761. The number of aryl methyl sites for hydroxylation is 2. The molecule has 1 unspecified atom stereocenters. The lowest BCUT2D eigenvalue weighted by Gasteiger charge is -2.33. The second-order valence-electron chi connectivity index (χ2n) is 8.81. The number of hydrogen-bond acceptors (Lipinski definition) is 2. The van der Waals surface area contributed by atoms with Crippen molar-refractivity contribution in [1.29, 1.82) is 0 Å². The van der Waals surface area contributed by atoms with Gasteiger partial charge in [0.25, 0.3) is 0 Å². The highest BCUT2D eigenvalue weighted by Gasteiger charge is 2.30. The van der Waals surface area contributed by atoms with Crippen molar-refractivity contribution in [3.8, 4) is 0 Å². The van der Waals surface area contributed by atoms with E-state index >= 15 is 0 Å². The molecule has 1 aliphatic rings. The number of nitrogen functional groups attached to an aromatic ring is 1. The van der Waals surface area contributed by atoms with Crippen LogP contribution in [0.25, 0.3) is 11.0 Å². The summed E-state index contributed by atoms with van der Waals surface area (Å²) in [6.07, 6.45) is 8.06. The lowest BCUT2D eigenvalue weighted by molar-refractivity contribution is 0.245. The second kappa shape index (κ2) is 6.66. The molecule has 1 aliphatic carbocycles. The summed E-state index contributed by atoms with van der Waals surface area (Å²) in [6, 6.07) is 0.321. The minimum Gasteiger partial charge on any atom is -0.398 e. The van der Waals surface area contributed by atoms with Gasteiger partial charge in [-0.05, 0) is 62.5 Å². The molecule has 0 saturated carbocycles. The molecule has 2 N–H and O–H groups in total. The van der Waals surface area contributed by atoms with Crippen LogP contribution >= 0.6 is 0 Å². The van der Waals surface area contributed by atoms with E-state index in [2.05, 4.69) is 46.1 Å². The summed E-state index contributed by atoms with van der Waals surface area (Å²) in [7, 11) is 0. The first-order valence-corrected chi connectivity index (χ1v) is 9.85. The molecule has 0 amide bonds. The number of aromatic nitrogens is 2. The number of hydrogen-bond donors (Lipinski definition) is 1. The van der Waals surface area contributed by atoms with Crippen molar-refractivity contribution in [3.05, 3.63) is 29.4 Å². The number of fused-ring (bicyclic) bond motifs is 2. The summed E-state index contributed by atoms with van der Waals surface area (Å²) in [5, 5.41) is 1.18. The zero-order valence-electron chi connectivity index (χ0n) is 16.7. The maximum Gasteiger partial charge on any atom is 0.143 e. The molecule has 2 aromatic rings. The van der Waals surface area contributed by atoms with Gasteiger partial charge in [0, 0.05) is 28.5 Å². The van der Waals surface area contributed by atoms with Crippen LogP contribution in [0.1, 0.15) is 81.4 Å². The molecule has 0 spiro atoms. The highest BCUT2D eigenvalue weighted by Crippen LogP contribution is 2.41. The molecule has 2 heterocycles. The number of pyridine rings is 1. The third-order valence-electron chi connectivity index (χ3n) is 6.09. The standard InChI is InChI=1S/C22H34N3/c1-7-18(22(4,5)6)25-15(3)14(2)19-20(23)16-12-10-8-9-11-13-17(16)24-21(19)25/h18H,1,7-13H2,2-6H3,(H2,23,24). The van der Waals surface area contributed by atoms with E-state index in [0.717, 1.165) is 30.6 Å². The van der Waals surface area contributed by atoms with E-state index in [4.69, 9.17) is 10.7 Å². The SMILES string of the molecule is [CH2]CC(n1c(C)c(C)c2c(N)c3c(nc21)CCCCCC3)C(C)(C)C. The maximum atomic E-state index is 6.72. The van der Waals surface area contributed by atoms with Crippen molar-refractivity contribution in [2.45, 2.75) is 85.6 Å². The molecule has 0 saturated heterocycles. The smallest absolute Gasteiger partial charge is 0.143 e. The minimum absolute atomic E-state index is 0.131. The van der Waals surface area contributed by atoms with Gasteiger partial charge in [-0.15, -0.1) is 0 Å². The lowest BCUT2D eigenvalue weighted by Crippen LogP contribution is -2.25. The first-order valence-electron chi connectivity index (χ1n) is 9.85. The van der Waals surface area contributed by atoms with Gasteiger partial charge in [0.1, 0.15) is 5.65 Å². The normalized spacial score (nSPS) is 17.2. The molecular weight excluding hydrogens is 306 g/mol. The largest absolute Gasteiger partial charge is 0.398 e. The first-order chi connectivity index (χ1) is 11.8. The Balaban J connectivity index is 2.31. The molecule has 137 valence electrons. The predicted molar refractivity (Wildman–Crippen MR) is 108 cm³/mol. The van der Waals surface area contributed by atoms with Crippen LogP contribution < -0.4 is 5.73 Å². The Bertz CT molecular complexity index is 777. The van der Waals surface area contributed by atoms with Crippen molar-refractivity contribution >= 4 is 16.7 Å². The van der Waals surface area contributed by atoms with Crippen LogP contribution in [0.5, 0.6) is 0 Å². The average molecular weight is 341 g/mol. The molecular formula is C22H34N3. The lowest BCUT2D eigenvalue weighted by atomic mass is 9.85. The monoisotopic (exact) mass is 340 g/mol. The molecule has 1 radical (unpaired) electrons. The van der Waals surface area contributed by atoms with Crippen LogP contribution in [0.3, 0.4) is 0 Å². The number of nitrogens with two attached hydrogens (primary N) is 1. The Hall–Kier alpha value is -1.51. The summed E-state index contributed by atoms with van der Waals surface area (Å²) >= 11 is 0. The molecule has 0 fully saturated rings. The van der Waals surface area contributed by atoms with Gasteiger partial charge in [0.2, 0.25) is 0 Å². The van der Waals surface area contributed by atoms with Crippen LogP contribution in [0, 0.1) is 26.2 Å². The van der Waals surface area contributed by atoms with Crippen molar-refractivity contribution in [2.75, 3.05) is 5.73 Å². The van der Waals surface area contributed by atoms with E-state index in [1.807, 2.05) is 0 Å². The Morgan fingerprint density at radius 2 is 1.76 bits per heavy atom. The highest BCUT2D eigenvalue weighted by molar-refractivity contribution is 5.95. The summed E-state index contributed by atoms with van der Waals surface area (Å²) in [5.41, 5.74) is 14.0. The molecule has 25 heavy (non-hydrogen) atoms. The highest BCUT2D eigenvalue weighted by atomic mass is 15.1. The van der Waals surface area contributed by atoms with Crippen molar-refractivity contribution < 1.29 is 0 Å². The van der Waals surface area contributed by atoms with E-state index < -0.39 is 0 Å². The average Bonchev–Trinajstić information content (AvgIpc) is 2.74. The number of nitrogens with zero attached hydrogens (tertiary/aromatic N) is 2. The third kappa shape index (κ3) is 3.07. The van der Waals surface area contributed by atoms with E-state index in [0.29, 0.717) is 6.04 Å². The summed E-state index contributed by atoms with van der Waals surface area (Å²) < 4.78 is 2.42. The summed E-state index contributed by atoms with van der Waals surface area (Å²) in [6.45, 7) is 15.5. The minimum atomic E-state index is 0.131. The van der Waals surface area contributed by atoms with Crippen molar-refractivity contribution in [1.82, 2.24) is 9.55 Å². The summed E-state index contributed by atoms with van der Waals surface area (Å²) in [4.78, 5) is 5.20. The molecule has 0 aliphatic heterocycles. The molecule has 1 atom stereocenters. The Morgan fingerprint density at radius 3 is 2.36 bits per heavy atom. The fraction of sp³-hybridized carbons (Fsp3) is 0.636. The molecule has 0 aromatic carbocycles. The fourth-order valence-corrected chi connectivity index (χ4v) is 4.51. The van der Waals surface area contributed by atoms with Gasteiger partial charge in [-0.1, -0.05) is 40.5 Å². The van der Waals surface area contributed by atoms with Crippen LogP contribution in [-0.2, 0) is 12.8 Å². The Morgan fingerprint density at radius 1 is 1.12 bits per heavy atom. The van der Waals surface area contributed by atoms with Crippen LogP contribution in [0.2, 0.25) is 0 Å². The molecule has 0 bridgehead atoms. The van der Waals surface area contributed by atoms with Crippen LogP contribution in [-0.4, -0.2) is 9.55 Å². The van der Waals surface area contributed by atoms with Crippen LogP contribution in [0.15, 0.2) is 0 Å². The second-order valence-corrected chi connectivity index (χ2v) is 8.81. The van der Waals surface area contributed by atoms with Gasteiger partial charge in [0.15, 0.2) is 0 Å². The molecule has 3 nitrogen and oxygen atoms in total. The molecule has 3 heteroatoms. The number of anilines is 1. The van der Waals surface area contributed by atoms with E-state index in [1.165, 1.54) is 53.6 Å². The van der Waals surface area contributed by atoms with E-state index in [9.17, 15) is 0 Å². The topological polar surface area (TPSA) is 43.8 Å². The fourth-order valence-electron chi connectivity index (χ4n) is 4.51. The van der Waals surface area contributed by atoms with Gasteiger partial charge in [-0.2, -0.15) is 0 Å². The molecule has 2 aromatic heterocycles. The third-order valence-corrected chi connectivity index (χ3v) is 6.09. The molecule has 3 rings (SSSR count). The van der Waals surface area contributed by atoms with Crippen molar-refractivity contribution in [3.63, 3.8) is 0 Å². The van der Waals surface area contributed by atoms with Gasteiger partial charge >= 0.3 is 0 Å². The van der Waals surface area contributed by atoms with Gasteiger partial charge in [-0.3, -0.25) is 0 Å². The zero-order valence-corrected chi connectivity index (χ0v) is 16.7. The number of rotatable bonds is 2. The van der Waals surface area contributed by atoms with Crippen LogP contribution in [0.4, 0.5) is 5.69 Å². The predicted octanol–water partition coefficient (Wildman–Crippen LogP) is 5.71. The van der Waals surface area contributed by atoms with Crippen molar-refractivity contribution in [2.24, 2.45) is 5.41 Å². The Labute approximate surface area is 153 Å². The van der Waals surface area contributed by atoms with E-state index in [-0.39, 0.29) is 5.41 Å². The van der Waals surface area contributed by atoms with Gasteiger partial charge in [-0.25, -0.2) is 4.98 Å². The Kier molecular flexibility index (Phi) is 4.87. The van der Waals surface area contributed by atoms with E-state index in [1.54, 1.807) is 0 Å². The zero-order chi connectivity index (χ0) is 18.4. The van der Waals surface area contributed by atoms with Gasteiger partial charge in [0.05, 0.1) is 0 Å². The van der Waals surface area contributed by atoms with Gasteiger partial charge < -0.3 is 10.3 Å².